The fourth-order valence-corrected chi connectivity index (χ4v) is 2.60. The van der Waals surface area contributed by atoms with Crippen molar-refractivity contribution in [1.29, 1.82) is 0 Å². The monoisotopic (exact) mass is 220 g/mol. The molecule has 2 heterocycles. The van der Waals surface area contributed by atoms with Crippen LogP contribution < -0.4 is 10.6 Å². The molecule has 2 aliphatic heterocycles. The van der Waals surface area contributed by atoms with Crippen molar-refractivity contribution in [2.24, 2.45) is 0 Å². The molecule has 1 fully saturated rings. The van der Waals surface area contributed by atoms with E-state index in [0.717, 1.165) is 11.3 Å². The highest BCUT2D eigenvalue weighted by Crippen LogP contribution is 2.41. The van der Waals surface area contributed by atoms with Crippen LogP contribution in [0.25, 0.3) is 0 Å². The normalized spacial score (nSPS) is 35.3. The summed E-state index contributed by atoms with van der Waals surface area (Å²) in [4.78, 5) is 10.9. The number of aliphatic hydroxyl groups excluding tert-OH is 1. The van der Waals surface area contributed by atoms with E-state index >= 15 is 0 Å². The lowest BCUT2D eigenvalue weighted by molar-refractivity contribution is -0.141. The van der Waals surface area contributed by atoms with E-state index in [9.17, 15) is 9.90 Å². The van der Waals surface area contributed by atoms with Crippen molar-refractivity contribution in [3.05, 3.63) is 29.8 Å². The van der Waals surface area contributed by atoms with Crippen LogP contribution in [0.5, 0.6) is 0 Å². The number of hydrogen-bond donors (Lipinski definition) is 4. The molecule has 16 heavy (non-hydrogen) atoms. The predicted octanol–water partition coefficient (Wildman–Crippen LogP) is -0.0609. The highest BCUT2D eigenvalue weighted by atomic mass is 16.4. The molecule has 0 spiro atoms. The average Bonchev–Trinajstić information content (AvgIpc) is 2.75. The fourth-order valence-electron chi connectivity index (χ4n) is 2.60. The minimum absolute atomic E-state index is 0.183. The van der Waals surface area contributed by atoms with Crippen molar-refractivity contribution in [3.63, 3.8) is 0 Å². The lowest BCUT2D eigenvalue weighted by atomic mass is 9.93. The van der Waals surface area contributed by atoms with Gasteiger partial charge in [-0.25, -0.2) is 0 Å². The van der Waals surface area contributed by atoms with Crippen LogP contribution >= 0.6 is 0 Å². The van der Waals surface area contributed by atoms with Crippen molar-refractivity contribution in [2.75, 3.05) is 5.32 Å². The molecule has 5 heteroatoms. The number of para-hydroxylation sites is 1. The summed E-state index contributed by atoms with van der Waals surface area (Å²) in [6.45, 7) is 0. The molecule has 4 atom stereocenters. The number of nitrogens with one attached hydrogen (secondary N) is 2. The van der Waals surface area contributed by atoms with Crippen LogP contribution in [0.2, 0.25) is 0 Å². The zero-order valence-electron chi connectivity index (χ0n) is 8.42. The molecule has 1 aromatic rings. The molecule has 0 radical (unpaired) electrons. The van der Waals surface area contributed by atoms with Gasteiger partial charge in [0, 0.05) is 11.6 Å². The van der Waals surface area contributed by atoms with Gasteiger partial charge in [-0.3, -0.25) is 10.1 Å². The molecule has 0 saturated carbocycles. The summed E-state index contributed by atoms with van der Waals surface area (Å²) in [5.41, 5.74) is 1.95. The van der Waals surface area contributed by atoms with E-state index in [0.29, 0.717) is 0 Å². The summed E-state index contributed by atoms with van der Waals surface area (Å²) < 4.78 is 0. The van der Waals surface area contributed by atoms with E-state index in [1.54, 1.807) is 0 Å². The van der Waals surface area contributed by atoms with E-state index in [1.165, 1.54) is 0 Å². The van der Waals surface area contributed by atoms with Crippen LogP contribution in [0.3, 0.4) is 0 Å². The third-order valence-electron chi connectivity index (χ3n) is 3.32. The number of rotatable bonds is 1. The molecule has 0 aliphatic carbocycles. The van der Waals surface area contributed by atoms with Gasteiger partial charge >= 0.3 is 5.97 Å². The average molecular weight is 220 g/mol. The SMILES string of the molecule is O=C(O)C1NC2Nc3ccccc3C2[C@@H]1O. The zero-order chi connectivity index (χ0) is 11.3. The van der Waals surface area contributed by atoms with Crippen molar-refractivity contribution in [2.45, 2.75) is 24.2 Å². The molecule has 5 nitrogen and oxygen atoms in total. The summed E-state index contributed by atoms with van der Waals surface area (Å²) in [5.74, 6) is -1.20. The van der Waals surface area contributed by atoms with Gasteiger partial charge in [-0.15, -0.1) is 0 Å². The van der Waals surface area contributed by atoms with Gasteiger partial charge in [-0.1, -0.05) is 18.2 Å². The third-order valence-corrected chi connectivity index (χ3v) is 3.32. The van der Waals surface area contributed by atoms with Gasteiger partial charge in [-0.05, 0) is 11.6 Å². The van der Waals surface area contributed by atoms with E-state index in [2.05, 4.69) is 10.6 Å². The number of carboxylic acids is 1. The maximum atomic E-state index is 10.9. The number of anilines is 1. The van der Waals surface area contributed by atoms with E-state index in [-0.39, 0.29) is 12.1 Å². The minimum atomic E-state index is -1.01. The second-order valence-corrected chi connectivity index (χ2v) is 4.21. The molecule has 84 valence electrons. The maximum Gasteiger partial charge on any atom is 0.323 e. The second kappa shape index (κ2) is 3.20. The van der Waals surface area contributed by atoms with Crippen molar-refractivity contribution >= 4 is 11.7 Å². The molecule has 0 bridgehead atoms. The fraction of sp³-hybridized carbons (Fsp3) is 0.364. The number of benzene rings is 1. The third kappa shape index (κ3) is 1.15. The molecule has 4 N–H and O–H groups in total. The summed E-state index contributed by atoms with van der Waals surface area (Å²) >= 11 is 0. The smallest absolute Gasteiger partial charge is 0.323 e. The van der Waals surface area contributed by atoms with Gasteiger partial charge < -0.3 is 15.5 Å². The molecule has 3 rings (SSSR count). The summed E-state index contributed by atoms with van der Waals surface area (Å²) in [6, 6.07) is 6.76. The lowest BCUT2D eigenvalue weighted by Gasteiger charge is -2.14. The number of fused-ring (bicyclic) bond motifs is 3. The number of carboxylic acid groups (broad SMARTS) is 1. The lowest BCUT2D eigenvalue weighted by Crippen LogP contribution is -2.42. The van der Waals surface area contributed by atoms with Gasteiger partial charge in [0.15, 0.2) is 0 Å². The first-order valence-corrected chi connectivity index (χ1v) is 5.21. The van der Waals surface area contributed by atoms with Crippen molar-refractivity contribution < 1.29 is 15.0 Å². The Bertz CT molecular complexity index is 449. The quantitative estimate of drug-likeness (QED) is 0.533. The van der Waals surface area contributed by atoms with Crippen molar-refractivity contribution in [1.82, 2.24) is 5.32 Å². The van der Waals surface area contributed by atoms with Gasteiger partial charge in [0.2, 0.25) is 0 Å². The van der Waals surface area contributed by atoms with Crippen LogP contribution in [0, 0.1) is 0 Å². The first-order chi connectivity index (χ1) is 7.68. The Kier molecular flexibility index (Phi) is 1.92. The number of hydrogen-bond acceptors (Lipinski definition) is 4. The standard InChI is InChI=1S/C11H12N2O3/c14-9-7-5-3-1-2-4-6(5)12-10(7)13-8(9)11(15)16/h1-4,7-10,12-14H,(H,15,16)/t7?,8?,9-,10?/m0/s1. The maximum absolute atomic E-state index is 10.9. The predicted molar refractivity (Wildman–Crippen MR) is 57.2 cm³/mol. The van der Waals surface area contributed by atoms with Crippen LogP contribution in [-0.2, 0) is 4.79 Å². The Balaban J connectivity index is 1.98. The molecule has 3 unspecified atom stereocenters. The molecule has 1 aromatic carbocycles. The van der Waals surface area contributed by atoms with E-state index < -0.39 is 18.1 Å². The summed E-state index contributed by atoms with van der Waals surface area (Å²) in [6.07, 6.45) is -1.08. The topological polar surface area (TPSA) is 81.6 Å². The number of carbonyl (C=O) groups is 1. The van der Waals surface area contributed by atoms with Gasteiger partial charge in [-0.2, -0.15) is 0 Å². The van der Waals surface area contributed by atoms with Crippen LogP contribution in [0.15, 0.2) is 24.3 Å². The summed E-state index contributed by atoms with van der Waals surface area (Å²) in [5, 5.41) is 25.0. The van der Waals surface area contributed by atoms with Crippen LogP contribution in [0.4, 0.5) is 5.69 Å². The molecule has 0 aromatic heterocycles. The van der Waals surface area contributed by atoms with Crippen molar-refractivity contribution in [3.8, 4) is 0 Å². The van der Waals surface area contributed by atoms with Crippen LogP contribution in [0.1, 0.15) is 11.5 Å². The Morgan fingerprint density at radius 2 is 2.06 bits per heavy atom. The molecule has 1 saturated heterocycles. The van der Waals surface area contributed by atoms with Gasteiger partial charge in [0.05, 0.1) is 12.3 Å². The molecule has 0 amide bonds. The largest absolute Gasteiger partial charge is 0.480 e. The van der Waals surface area contributed by atoms with E-state index in [4.69, 9.17) is 5.11 Å². The Morgan fingerprint density at radius 3 is 2.81 bits per heavy atom. The van der Waals surface area contributed by atoms with Gasteiger partial charge in [0.25, 0.3) is 0 Å². The minimum Gasteiger partial charge on any atom is -0.480 e. The Hall–Kier alpha value is -1.59. The molecular weight excluding hydrogens is 208 g/mol. The highest BCUT2D eigenvalue weighted by Gasteiger charge is 2.49. The van der Waals surface area contributed by atoms with Gasteiger partial charge in [0.1, 0.15) is 6.04 Å². The summed E-state index contributed by atoms with van der Waals surface area (Å²) in [7, 11) is 0. The van der Waals surface area contributed by atoms with Crippen LogP contribution in [-0.4, -0.2) is 34.5 Å². The molecular formula is C11H12N2O3. The number of aliphatic hydroxyl groups is 1. The first-order valence-electron chi connectivity index (χ1n) is 5.21. The number of aliphatic carboxylic acids is 1. The van der Waals surface area contributed by atoms with E-state index in [1.807, 2.05) is 24.3 Å². The Morgan fingerprint density at radius 1 is 1.31 bits per heavy atom. The highest BCUT2D eigenvalue weighted by molar-refractivity contribution is 5.76. The zero-order valence-corrected chi connectivity index (χ0v) is 8.42. The molecule has 2 aliphatic rings. The Labute approximate surface area is 92.1 Å². The second-order valence-electron chi connectivity index (χ2n) is 4.21. The first kappa shape index (κ1) is 9.62.